The third kappa shape index (κ3) is 3.07. The van der Waals surface area contributed by atoms with Gasteiger partial charge >= 0.3 is 5.97 Å². The molecule has 4 heteroatoms. The van der Waals surface area contributed by atoms with E-state index in [1.165, 1.54) is 0 Å². The van der Waals surface area contributed by atoms with Crippen molar-refractivity contribution in [2.45, 2.75) is 33.8 Å². The Bertz CT molecular complexity index is 913. The first-order chi connectivity index (χ1) is 13.8. The Morgan fingerprint density at radius 3 is 2.00 bits per heavy atom. The number of esters is 1. The van der Waals surface area contributed by atoms with Gasteiger partial charge in [-0.05, 0) is 51.0 Å². The second-order valence-corrected chi connectivity index (χ2v) is 8.47. The van der Waals surface area contributed by atoms with Crippen molar-refractivity contribution < 1.29 is 14.3 Å². The lowest BCUT2D eigenvalue weighted by molar-refractivity contribution is -0.146. The van der Waals surface area contributed by atoms with E-state index in [1.54, 1.807) is 4.90 Å². The number of amides is 1. The molecule has 2 aliphatic rings. The molecule has 4 nitrogen and oxygen atoms in total. The number of carbonyl (C=O) groups is 2. The number of nitrogens with zero attached hydrogens (tertiary/aromatic N) is 1. The fourth-order valence-electron chi connectivity index (χ4n) is 5.09. The fraction of sp³-hybridized carbons (Fsp3) is 0.360. The molecule has 5 atom stereocenters. The number of benzene rings is 2. The number of para-hydroxylation sites is 2. The molecular weight excluding hydrogens is 362 g/mol. The highest BCUT2D eigenvalue weighted by molar-refractivity contribution is 6.03. The van der Waals surface area contributed by atoms with Gasteiger partial charge in [0.2, 0.25) is 5.91 Å². The molecule has 0 saturated carbocycles. The van der Waals surface area contributed by atoms with Gasteiger partial charge in [-0.25, -0.2) is 0 Å². The minimum atomic E-state index is -0.768. The SMILES string of the molecule is CC1=C[C@@]2(C)C(=O)OC(C)C2C(C(=O)N(c2ccccc2)c2ccccc2)C1C. The summed E-state index contributed by atoms with van der Waals surface area (Å²) in [6.45, 7) is 7.91. The van der Waals surface area contributed by atoms with Crippen molar-refractivity contribution in [1.82, 2.24) is 0 Å². The fourth-order valence-corrected chi connectivity index (χ4v) is 5.09. The summed E-state index contributed by atoms with van der Waals surface area (Å²) in [6.07, 6.45) is 1.72. The van der Waals surface area contributed by atoms with Crippen LogP contribution in [0.4, 0.5) is 11.4 Å². The van der Waals surface area contributed by atoms with Crippen molar-refractivity contribution in [2.24, 2.45) is 23.2 Å². The molecule has 1 fully saturated rings. The van der Waals surface area contributed by atoms with Crippen LogP contribution in [0.5, 0.6) is 0 Å². The third-order valence-corrected chi connectivity index (χ3v) is 6.64. The number of cyclic esters (lactones) is 1. The molecular formula is C25H27NO3. The van der Waals surface area contributed by atoms with E-state index >= 15 is 0 Å². The zero-order valence-electron chi connectivity index (χ0n) is 17.3. The van der Waals surface area contributed by atoms with Gasteiger partial charge in [0.05, 0.1) is 11.3 Å². The first-order valence-electron chi connectivity index (χ1n) is 10.2. The lowest BCUT2D eigenvalue weighted by Gasteiger charge is -2.42. The second kappa shape index (κ2) is 7.18. The molecule has 0 radical (unpaired) electrons. The normalized spacial score (nSPS) is 30.9. The Balaban J connectivity index is 1.84. The molecule has 4 unspecified atom stereocenters. The average Bonchev–Trinajstić information content (AvgIpc) is 2.93. The summed E-state index contributed by atoms with van der Waals surface area (Å²) in [5.41, 5.74) is 1.94. The van der Waals surface area contributed by atoms with Crippen LogP contribution in [0, 0.1) is 23.2 Å². The lowest BCUT2D eigenvalue weighted by atomic mass is 9.60. The lowest BCUT2D eigenvalue weighted by Crippen LogP contribution is -2.49. The quantitative estimate of drug-likeness (QED) is 0.540. The van der Waals surface area contributed by atoms with Gasteiger partial charge in [0.1, 0.15) is 6.10 Å². The number of ether oxygens (including phenoxy) is 1. The molecule has 0 bridgehead atoms. The first-order valence-corrected chi connectivity index (χ1v) is 10.2. The zero-order chi connectivity index (χ0) is 20.8. The van der Waals surface area contributed by atoms with Gasteiger partial charge in [-0.1, -0.05) is 55.0 Å². The summed E-state index contributed by atoms with van der Waals surface area (Å²) < 4.78 is 5.63. The van der Waals surface area contributed by atoms with Crippen molar-refractivity contribution in [1.29, 1.82) is 0 Å². The first kappa shape index (κ1) is 19.4. The number of hydrogen-bond acceptors (Lipinski definition) is 3. The predicted molar refractivity (Wildman–Crippen MR) is 114 cm³/mol. The smallest absolute Gasteiger partial charge is 0.316 e. The monoisotopic (exact) mass is 389 g/mol. The summed E-state index contributed by atoms with van der Waals surface area (Å²) in [4.78, 5) is 28.6. The highest BCUT2D eigenvalue weighted by atomic mass is 16.6. The molecule has 0 aromatic heterocycles. The van der Waals surface area contributed by atoms with Gasteiger partial charge in [-0.2, -0.15) is 0 Å². The summed E-state index contributed by atoms with van der Waals surface area (Å²) in [6, 6.07) is 19.4. The average molecular weight is 389 g/mol. The van der Waals surface area contributed by atoms with Crippen LogP contribution in [0.1, 0.15) is 27.7 Å². The van der Waals surface area contributed by atoms with Gasteiger partial charge in [0.25, 0.3) is 0 Å². The predicted octanol–water partition coefficient (Wildman–Crippen LogP) is 5.13. The Labute approximate surface area is 172 Å². The highest BCUT2D eigenvalue weighted by Crippen LogP contribution is 2.53. The van der Waals surface area contributed by atoms with E-state index in [0.29, 0.717) is 0 Å². The van der Waals surface area contributed by atoms with E-state index in [9.17, 15) is 9.59 Å². The summed E-state index contributed by atoms with van der Waals surface area (Å²) in [5.74, 6) is -0.760. The maximum atomic E-state index is 14.1. The number of anilines is 2. The number of fused-ring (bicyclic) bond motifs is 1. The van der Waals surface area contributed by atoms with E-state index in [0.717, 1.165) is 16.9 Å². The molecule has 0 spiro atoms. The maximum Gasteiger partial charge on any atom is 0.316 e. The molecule has 0 N–H and O–H groups in total. The number of allylic oxidation sites excluding steroid dienone is 1. The molecule has 2 aromatic carbocycles. The third-order valence-electron chi connectivity index (χ3n) is 6.64. The molecule has 2 aromatic rings. The molecule has 1 heterocycles. The standard InChI is InChI=1S/C25H27NO3/c1-16-15-25(4)22(18(3)29-24(25)28)21(17(16)2)23(27)26(19-11-7-5-8-12-19)20-13-9-6-10-14-20/h5-15,17-18,21-22H,1-4H3/t17?,18?,21?,22?,25-/m1/s1. The van der Waals surface area contributed by atoms with Gasteiger partial charge in [-0.15, -0.1) is 0 Å². The van der Waals surface area contributed by atoms with Crippen LogP contribution >= 0.6 is 0 Å². The van der Waals surface area contributed by atoms with E-state index in [-0.39, 0.29) is 35.7 Å². The molecule has 1 aliphatic carbocycles. The van der Waals surface area contributed by atoms with Crippen LogP contribution in [0.3, 0.4) is 0 Å². The number of carbonyl (C=O) groups excluding carboxylic acids is 2. The Hall–Kier alpha value is -2.88. The van der Waals surface area contributed by atoms with Crippen molar-refractivity contribution in [3.05, 3.63) is 72.3 Å². The van der Waals surface area contributed by atoms with Crippen LogP contribution in [-0.2, 0) is 14.3 Å². The molecule has 29 heavy (non-hydrogen) atoms. The largest absolute Gasteiger partial charge is 0.462 e. The molecule has 1 saturated heterocycles. The second-order valence-electron chi connectivity index (χ2n) is 8.47. The number of hydrogen-bond donors (Lipinski definition) is 0. The maximum absolute atomic E-state index is 14.1. The molecule has 4 rings (SSSR count). The van der Waals surface area contributed by atoms with Crippen molar-refractivity contribution in [2.75, 3.05) is 4.90 Å². The molecule has 1 amide bonds. The number of rotatable bonds is 3. The van der Waals surface area contributed by atoms with E-state index in [1.807, 2.05) is 87.5 Å². The van der Waals surface area contributed by atoms with Crippen LogP contribution in [0.2, 0.25) is 0 Å². The van der Waals surface area contributed by atoms with E-state index in [2.05, 4.69) is 6.92 Å². The van der Waals surface area contributed by atoms with Crippen LogP contribution in [-0.4, -0.2) is 18.0 Å². The van der Waals surface area contributed by atoms with Crippen molar-refractivity contribution in [3.63, 3.8) is 0 Å². The minimum absolute atomic E-state index is 0.00345. The van der Waals surface area contributed by atoms with Gasteiger partial charge < -0.3 is 4.74 Å². The Morgan fingerprint density at radius 2 is 1.48 bits per heavy atom. The van der Waals surface area contributed by atoms with Crippen molar-refractivity contribution in [3.8, 4) is 0 Å². The Kier molecular flexibility index (Phi) is 4.81. The highest BCUT2D eigenvalue weighted by Gasteiger charge is 2.60. The van der Waals surface area contributed by atoms with Crippen LogP contribution in [0.15, 0.2) is 72.3 Å². The molecule has 150 valence electrons. The zero-order valence-corrected chi connectivity index (χ0v) is 17.3. The summed E-state index contributed by atoms with van der Waals surface area (Å²) in [5, 5.41) is 0. The topological polar surface area (TPSA) is 46.6 Å². The van der Waals surface area contributed by atoms with Gasteiger partial charge in [-0.3, -0.25) is 14.5 Å². The molecule has 1 aliphatic heterocycles. The van der Waals surface area contributed by atoms with Gasteiger partial charge in [0.15, 0.2) is 0 Å². The van der Waals surface area contributed by atoms with Crippen molar-refractivity contribution >= 4 is 23.3 Å². The van der Waals surface area contributed by atoms with Crippen LogP contribution in [0.25, 0.3) is 0 Å². The Morgan fingerprint density at radius 1 is 0.966 bits per heavy atom. The summed E-state index contributed by atoms with van der Waals surface area (Å²) in [7, 11) is 0. The van der Waals surface area contributed by atoms with Gasteiger partial charge in [0, 0.05) is 17.3 Å². The summed E-state index contributed by atoms with van der Waals surface area (Å²) >= 11 is 0. The van der Waals surface area contributed by atoms with E-state index in [4.69, 9.17) is 4.74 Å². The van der Waals surface area contributed by atoms with E-state index < -0.39 is 5.41 Å². The minimum Gasteiger partial charge on any atom is -0.462 e. The van der Waals surface area contributed by atoms with Crippen LogP contribution < -0.4 is 4.90 Å².